The number of piperazine rings is 1. The van der Waals surface area contributed by atoms with E-state index < -0.39 is 10.0 Å². The Labute approximate surface area is 159 Å². The molecule has 1 aliphatic rings. The molecule has 1 aromatic carbocycles. The number of benzene rings is 1. The number of sulfonamides is 1. The van der Waals surface area contributed by atoms with Gasteiger partial charge in [-0.15, -0.1) is 0 Å². The zero-order chi connectivity index (χ0) is 19.4. The minimum Gasteiger partial charge on any atom is -0.332 e. The summed E-state index contributed by atoms with van der Waals surface area (Å²) in [6.07, 6.45) is 3.01. The molecule has 2 heterocycles. The van der Waals surface area contributed by atoms with Crippen LogP contribution in [0.3, 0.4) is 0 Å². The standard InChI is InChI=1S/C18H23N5O3S/c1-22-10-11-23(16(12-19)13-22)18(24)14-2-4-17(5-3-14)27(25,26)21-15-6-8-20-9-7-15/h2-9,16H,10-13,19H2,1H3,(H,20,21). The Morgan fingerprint density at radius 3 is 2.48 bits per heavy atom. The number of aromatic nitrogens is 1. The van der Waals surface area contributed by atoms with Gasteiger partial charge < -0.3 is 15.5 Å². The number of nitrogens with zero attached hydrogens (tertiary/aromatic N) is 3. The normalized spacial score (nSPS) is 18.3. The van der Waals surface area contributed by atoms with E-state index in [-0.39, 0.29) is 16.8 Å². The largest absolute Gasteiger partial charge is 0.332 e. The molecule has 9 heteroatoms. The van der Waals surface area contributed by atoms with Crippen LogP contribution >= 0.6 is 0 Å². The second-order valence-electron chi connectivity index (χ2n) is 6.52. The quantitative estimate of drug-likeness (QED) is 0.775. The number of anilines is 1. The number of carbonyl (C=O) groups excluding carboxylic acids is 1. The minimum absolute atomic E-state index is 0.0481. The molecule has 3 N–H and O–H groups in total. The van der Waals surface area contributed by atoms with Crippen LogP contribution in [0.15, 0.2) is 53.7 Å². The highest BCUT2D eigenvalue weighted by molar-refractivity contribution is 7.92. The number of amides is 1. The van der Waals surface area contributed by atoms with E-state index >= 15 is 0 Å². The molecule has 1 saturated heterocycles. The summed E-state index contributed by atoms with van der Waals surface area (Å²) in [6, 6.07) is 9.03. The molecule has 1 amide bonds. The SMILES string of the molecule is CN1CCN(C(=O)c2ccc(S(=O)(=O)Nc3ccncc3)cc2)C(CN)C1. The molecule has 1 unspecified atom stereocenters. The smallest absolute Gasteiger partial charge is 0.261 e. The molecule has 144 valence electrons. The molecule has 0 aliphatic carbocycles. The van der Waals surface area contributed by atoms with Crippen LogP contribution in [0.1, 0.15) is 10.4 Å². The summed E-state index contributed by atoms with van der Waals surface area (Å²) in [7, 11) is -1.73. The fraction of sp³-hybridized carbons (Fsp3) is 0.333. The maximum atomic E-state index is 12.8. The number of likely N-dealkylation sites (N-methyl/N-ethyl adjacent to an activating group) is 1. The van der Waals surface area contributed by atoms with E-state index in [0.29, 0.717) is 24.3 Å². The first-order valence-corrected chi connectivity index (χ1v) is 10.1. The third-order valence-electron chi connectivity index (χ3n) is 4.56. The second kappa shape index (κ2) is 8.03. The Kier molecular flexibility index (Phi) is 5.73. The van der Waals surface area contributed by atoms with Gasteiger partial charge in [-0.2, -0.15) is 0 Å². The van der Waals surface area contributed by atoms with Crippen LogP contribution < -0.4 is 10.5 Å². The summed E-state index contributed by atoms with van der Waals surface area (Å²) >= 11 is 0. The van der Waals surface area contributed by atoms with Gasteiger partial charge in [0.1, 0.15) is 0 Å². The van der Waals surface area contributed by atoms with Crippen LogP contribution in [-0.4, -0.2) is 68.4 Å². The van der Waals surface area contributed by atoms with Crippen molar-refractivity contribution in [3.8, 4) is 0 Å². The van der Waals surface area contributed by atoms with Crippen molar-refractivity contribution in [2.75, 3.05) is 37.9 Å². The summed E-state index contributed by atoms with van der Waals surface area (Å²) in [5, 5.41) is 0. The van der Waals surface area contributed by atoms with Gasteiger partial charge in [0.2, 0.25) is 0 Å². The van der Waals surface area contributed by atoms with Crippen LogP contribution in [0.25, 0.3) is 0 Å². The third-order valence-corrected chi connectivity index (χ3v) is 5.96. The molecule has 2 aromatic rings. The highest BCUT2D eigenvalue weighted by Crippen LogP contribution is 2.18. The molecule has 3 rings (SSSR count). The van der Waals surface area contributed by atoms with Gasteiger partial charge in [-0.25, -0.2) is 8.42 Å². The molecule has 0 radical (unpaired) electrons. The van der Waals surface area contributed by atoms with E-state index in [2.05, 4.69) is 14.6 Å². The molecular weight excluding hydrogens is 366 g/mol. The molecule has 0 spiro atoms. The van der Waals surface area contributed by atoms with E-state index in [1.807, 2.05) is 7.05 Å². The zero-order valence-corrected chi connectivity index (χ0v) is 15.9. The van der Waals surface area contributed by atoms with Crippen molar-refractivity contribution < 1.29 is 13.2 Å². The summed E-state index contributed by atoms with van der Waals surface area (Å²) < 4.78 is 27.4. The number of carbonyl (C=O) groups is 1. The lowest BCUT2D eigenvalue weighted by Crippen LogP contribution is -2.56. The van der Waals surface area contributed by atoms with Crippen molar-refractivity contribution in [3.63, 3.8) is 0 Å². The van der Waals surface area contributed by atoms with Crippen LogP contribution in [0.4, 0.5) is 5.69 Å². The van der Waals surface area contributed by atoms with Crippen molar-refractivity contribution in [1.82, 2.24) is 14.8 Å². The lowest BCUT2D eigenvalue weighted by atomic mass is 10.1. The minimum atomic E-state index is -3.73. The van der Waals surface area contributed by atoms with E-state index in [9.17, 15) is 13.2 Å². The first kappa shape index (κ1) is 19.3. The predicted molar refractivity (Wildman–Crippen MR) is 103 cm³/mol. The molecule has 8 nitrogen and oxygen atoms in total. The number of nitrogens with two attached hydrogens (primary N) is 1. The monoisotopic (exact) mass is 389 g/mol. The fourth-order valence-electron chi connectivity index (χ4n) is 3.06. The third kappa shape index (κ3) is 4.44. The second-order valence-corrected chi connectivity index (χ2v) is 8.20. The molecule has 1 atom stereocenters. The molecule has 0 saturated carbocycles. The number of pyridine rings is 1. The van der Waals surface area contributed by atoms with Crippen molar-refractivity contribution in [1.29, 1.82) is 0 Å². The average molecular weight is 389 g/mol. The van der Waals surface area contributed by atoms with Gasteiger partial charge in [-0.3, -0.25) is 14.5 Å². The topological polar surface area (TPSA) is 109 Å². The van der Waals surface area contributed by atoms with Gasteiger partial charge in [-0.05, 0) is 43.4 Å². The van der Waals surface area contributed by atoms with E-state index in [4.69, 9.17) is 5.73 Å². The highest BCUT2D eigenvalue weighted by Gasteiger charge is 2.28. The van der Waals surface area contributed by atoms with E-state index in [1.54, 1.807) is 17.0 Å². The summed E-state index contributed by atoms with van der Waals surface area (Å²) in [5.41, 5.74) is 6.68. The van der Waals surface area contributed by atoms with Gasteiger partial charge >= 0.3 is 0 Å². The van der Waals surface area contributed by atoms with Crippen molar-refractivity contribution in [3.05, 3.63) is 54.4 Å². The first-order valence-electron chi connectivity index (χ1n) is 8.63. The predicted octanol–water partition coefficient (Wildman–Crippen LogP) is 0.597. The molecule has 1 aliphatic heterocycles. The maximum Gasteiger partial charge on any atom is 0.261 e. The molecule has 27 heavy (non-hydrogen) atoms. The van der Waals surface area contributed by atoms with Crippen LogP contribution in [0.2, 0.25) is 0 Å². The van der Waals surface area contributed by atoms with Crippen molar-refractivity contribution in [2.24, 2.45) is 5.73 Å². The zero-order valence-electron chi connectivity index (χ0n) is 15.1. The van der Waals surface area contributed by atoms with Crippen LogP contribution in [-0.2, 0) is 10.0 Å². The Morgan fingerprint density at radius 2 is 1.85 bits per heavy atom. The summed E-state index contributed by atoms with van der Waals surface area (Å²) in [5.74, 6) is -0.135. The lowest BCUT2D eigenvalue weighted by molar-refractivity contribution is 0.0516. The Hall–Kier alpha value is -2.49. The number of hydrogen-bond acceptors (Lipinski definition) is 6. The summed E-state index contributed by atoms with van der Waals surface area (Å²) in [6.45, 7) is 2.49. The van der Waals surface area contributed by atoms with Gasteiger partial charge in [-0.1, -0.05) is 0 Å². The first-order chi connectivity index (χ1) is 12.9. The molecular formula is C18H23N5O3S. The van der Waals surface area contributed by atoms with Gasteiger partial charge in [0, 0.05) is 44.1 Å². The van der Waals surface area contributed by atoms with Crippen molar-refractivity contribution >= 4 is 21.6 Å². The van der Waals surface area contributed by atoms with Gasteiger partial charge in [0.25, 0.3) is 15.9 Å². The summed E-state index contributed by atoms with van der Waals surface area (Å²) in [4.78, 5) is 20.7. The number of hydrogen-bond donors (Lipinski definition) is 2. The van der Waals surface area contributed by atoms with E-state index in [0.717, 1.165) is 13.1 Å². The van der Waals surface area contributed by atoms with Crippen LogP contribution in [0.5, 0.6) is 0 Å². The molecule has 1 fully saturated rings. The van der Waals surface area contributed by atoms with Crippen LogP contribution in [0, 0.1) is 0 Å². The number of rotatable bonds is 5. The molecule has 0 bridgehead atoms. The Morgan fingerprint density at radius 1 is 1.19 bits per heavy atom. The Balaban J connectivity index is 1.75. The van der Waals surface area contributed by atoms with Crippen molar-refractivity contribution in [2.45, 2.75) is 10.9 Å². The lowest BCUT2D eigenvalue weighted by Gasteiger charge is -2.39. The van der Waals surface area contributed by atoms with Gasteiger partial charge in [0.05, 0.1) is 16.6 Å². The maximum absolute atomic E-state index is 12.8. The average Bonchev–Trinajstić information content (AvgIpc) is 2.68. The van der Waals surface area contributed by atoms with E-state index in [1.165, 1.54) is 36.7 Å². The number of nitrogens with one attached hydrogen (secondary N) is 1. The van der Waals surface area contributed by atoms with Gasteiger partial charge in [0.15, 0.2) is 0 Å². The fourth-order valence-corrected chi connectivity index (χ4v) is 4.11. The Bertz CT molecular complexity index is 887. The molecule has 1 aromatic heterocycles. The highest BCUT2D eigenvalue weighted by atomic mass is 32.2.